The van der Waals surface area contributed by atoms with Crippen LogP contribution in [-0.4, -0.2) is 19.3 Å². The molecule has 0 aliphatic carbocycles. The molecule has 2 heterocycles. The second-order valence-electron chi connectivity index (χ2n) is 3.88. The second-order valence-corrected chi connectivity index (χ2v) is 3.88. The van der Waals surface area contributed by atoms with Crippen molar-refractivity contribution in [3.05, 3.63) is 36.0 Å². The maximum Gasteiger partial charge on any atom is 0.207 e. The van der Waals surface area contributed by atoms with Crippen molar-refractivity contribution in [2.24, 2.45) is 7.05 Å². The number of benzene rings is 1. The molecule has 0 radical (unpaired) electrons. The molecule has 0 saturated carbocycles. The lowest BCUT2D eigenvalue weighted by Gasteiger charge is -2.03. The van der Waals surface area contributed by atoms with Gasteiger partial charge in [-0.1, -0.05) is 0 Å². The highest BCUT2D eigenvalue weighted by atomic mass is 19.2. The van der Waals surface area contributed by atoms with Crippen LogP contribution >= 0.6 is 0 Å². The van der Waals surface area contributed by atoms with Crippen LogP contribution in [0.4, 0.5) is 14.7 Å². The van der Waals surface area contributed by atoms with Gasteiger partial charge in [-0.25, -0.2) is 13.8 Å². The molecule has 92 valence electrons. The third-order valence-electron chi connectivity index (χ3n) is 2.66. The smallest absolute Gasteiger partial charge is 0.207 e. The number of nitrogen functional groups attached to an aromatic ring is 1. The molecule has 0 amide bonds. The third-order valence-corrected chi connectivity index (χ3v) is 2.66. The summed E-state index contributed by atoms with van der Waals surface area (Å²) in [5, 5.41) is 4.11. The van der Waals surface area contributed by atoms with Crippen molar-refractivity contribution in [1.82, 2.24) is 19.3 Å². The summed E-state index contributed by atoms with van der Waals surface area (Å²) in [6.45, 7) is 0. The number of halogens is 2. The molecule has 5 nitrogen and oxygen atoms in total. The number of fused-ring (bicyclic) bond motifs is 1. The highest BCUT2D eigenvalue weighted by Gasteiger charge is 2.18. The monoisotopic (exact) mass is 249 g/mol. The predicted octanol–water partition coefficient (Wildman–Crippen LogP) is 1.62. The molecule has 18 heavy (non-hydrogen) atoms. The van der Waals surface area contributed by atoms with Gasteiger partial charge < -0.3 is 5.73 Å². The lowest BCUT2D eigenvalue weighted by atomic mass is 10.3. The molecule has 0 aliphatic heterocycles. The molecule has 0 unspecified atom stereocenters. The standard InChI is InChI=1S/C11H9F2N5/c1-17-5-4-8(16-17)18-10-7(15-11(18)14)3-2-6(12)9(10)13/h2-5H,1H3,(H2,14,15). The van der Waals surface area contributed by atoms with Crippen molar-refractivity contribution in [2.45, 2.75) is 0 Å². The number of hydrogen-bond acceptors (Lipinski definition) is 3. The molecule has 0 bridgehead atoms. The van der Waals surface area contributed by atoms with E-state index in [-0.39, 0.29) is 17.0 Å². The maximum absolute atomic E-state index is 13.8. The summed E-state index contributed by atoms with van der Waals surface area (Å²) in [5.41, 5.74) is 6.01. The Bertz CT molecular complexity index is 743. The van der Waals surface area contributed by atoms with Gasteiger partial charge >= 0.3 is 0 Å². The normalized spacial score (nSPS) is 11.3. The highest BCUT2D eigenvalue weighted by molar-refractivity contribution is 5.81. The van der Waals surface area contributed by atoms with Gasteiger partial charge in [0, 0.05) is 19.3 Å². The van der Waals surface area contributed by atoms with Gasteiger partial charge in [0.15, 0.2) is 17.5 Å². The average molecular weight is 249 g/mol. The minimum absolute atomic E-state index is 0.00815. The van der Waals surface area contributed by atoms with Crippen LogP contribution in [0.3, 0.4) is 0 Å². The largest absolute Gasteiger partial charge is 0.369 e. The Kier molecular flexibility index (Phi) is 2.09. The molecular weight excluding hydrogens is 240 g/mol. The SMILES string of the molecule is Cn1ccc(-n2c(N)nc3ccc(F)c(F)c32)n1. The minimum atomic E-state index is -0.984. The van der Waals surface area contributed by atoms with Crippen molar-refractivity contribution in [3.8, 4) is 5.82 Å². The van der Waals surface area contributed by atoms with E-state index in [2.05, 4.69) is 10.1 Å². The Labute approximate surface area is 100 Å². The number of hydrogen-bond donors (Lipinski definition) is 1. The molecule has 7 heteroatoms. The van der Waals surface area contributed by atoms with E-state index < -0.39 is 11.6 Å². The van der Waals surface area contributed by atoms with E-state index in [1.54, 1.807) is 19.3 Å². The quantitative estimate of drug-likeness (QED) is 0.712. The van der Waals surface area contributed by atoms with Gasteiger partial charge in [-0.05, 0) is 12.1 Å². The van der Waals surface area contributed by atoms with Gasteiger partial charge in [0.05, 0.1) is 5.52 Å². The summed E-state index contributed by atoms with van der Waals surface area (Å²) in [7, 11) is 1.72. The van der Waals surface area contributed by atoms with Crippen molar-refractivity contribution in [1.29, 1.82) is 0 Å². The van der Waals surface area contributed by atoms with Crippen LogP contribution in [0.5, 0.6) is 0 Å². The Balaban J connectivity index is 2.41. The zero-order valence-electron chi connectivity index (χ0n) is 9.43. The fourth-order valence-corrected chi connectivity index (χ4v) is 1.87. The maximum atomic E-state index is 13.8. The van der Waals surface area contributed by atoms with Gasteiger partial charge in [0.1, 0.15) is 5.52 Å². The predicted molar refractivity (Wildman–Crippen MR) is 62.2 cm³/mol. The first-order chi connectivity index (χ1) is 8.58. The summed E-state index contributed by atoms with van der Waals surface area (Å²) < 4.78 is 29.9. The molecule has 3 aromatic rings. The molecule has 0 atom stereocenters. The number of nitrogens with two attached hydrogens (primary N) is 1. The number of anilines is 1. The van der Waals surface area contributed by atoms with E-state index in [1.807, 2.05) is 0 Å². The van der Waals surface area contributed by atoms with E-state index in [0.29, 0.717) is 5.82 Å². The van der Waals surface area contributed by atoms with Crippen molar-refractivity contribution >= 4 is 17.0 Å². The zero-order chi connectivity index (χ0) is 12.9. The first-order valence-electron chi connectivity index (χ1n) is 5.20. The number of nitrogens with zero attached hydrogens (tertiary/aromatic N) is 4. The summed E-state index contributed by atoms with van der Waals surface area (Å²) >= 11 is 0. The molecule has 2 N–H and O–H groups in total. The summed E-state index contributed by atoms with van der Waals surface area (Å²) in [5.74, 6) is -1.47. The highest BCUT2D eigenvalue weighted by Crippen LogP contribution is 2.25. The van der Waals surface area contributed by atoms with Crippen LogP contribution in [0, 0.1) is 11.6 Å². The number of aromatic nitrogens is 4. The van der Waals surface area contributed by atoms with Gasteiger partial charge in [0.2, 0.25) is 5.95 Å². The Morgan fingerprint density at radius 1 is 1.22 bits per heavy atom. The Hall–Kier alpha value is -2.44. The van der Waals surface area contributed by atoms with Crippen LogP contribution < -0.4 is 5.73 Å². The van der Waals surface area contributed by atoms with E-state index >= 15 is 0 Å². The third kappa shape index (κ3) is 1.37. The first-order valence-corrected chi connectivity index (χ1v) is 5.20. The number of aryl methyl sites for hydroxylation is 1. The molecule has 0 fully saturated rings. The molecule has 0 aliphatic rings. The van der Waals surface area contributed by atoms with Gasteiger partial charge in [-0.15, -0.1) is 0 Å². The molecule has 2 aromatic heterocycles. The second kappa shape index (κ2) is 3.52. The van der Waals surface area contributed by atoms with Gasteiger partial charge in [-0.3, -0.25) is 9.25 Å². The van der Waals surface area contributed by atoms with E-state index in [1.165, 1.54) is 15.3 Å². The van der Waals surface area contributed by atoms with Gasteiger partial charge in [0.25, 0.3) is 0 Å². The topological polar surface area (TPSA) is 61.7 Å². The van der Waals surface area contributed by atoms with Crippen LogP contribution in [0.15, 0.2) is 24.4 Å². The first kappa shape index (κ1) is 10.7. The fraction of sp³-hybridized carbons (Fsp3) is 0.0909. The Morgan fingerprint density at radius 3 is 2.67 bits per heavy atom. The molecule has 1 aromatic carbocycles. The van der Waals surface area contributed by atoms with Gasteiger partial charge in [-0.2, -0.15) is 5.10 Å². The summed E-state index contributed by atoms with van der Waals surface area (Å²) in [4.78, 5) is 3.99. The lowest BCUT2D eigenvalue weighted by Crippen LogP contribution is -2.03. The lowest BCUT2D eigenvalue weighted by molar-refractivity contribution is 0.514. The number of rotatable bonds is 1. The Morgan fingerprint density at radius 2 is 2.00 bits per heavy atom. The minimum Gasteiger partial charge on any atom is -0.369 e. The van der Waals surface area contributed by atoms with Crippen LogP contribution in [0.2, 0.25) is 0 Å². The van der Waals surface area contributed by atoms with E-state index in [0.717, 1.165) is 6.07 Å². The van der Waals surface area contributed by atoms with Crippen molar-refractivity contribution < 1.29 is 8.78 Å². The summed E-state index contributed by atoms with van der Waals surface area (Å²) in [6.07, 6.45) is 1.68. The fourth-order valence-electron chi connectivity index (χ4n) is 1.87. The molecule has 0 spiro atoms. The van der Waals surface area contributed by atoms with Crippen LogP contribution in [0.25, 0.3) is 16.9 Å². The molecule has 0 saturated heterocycles. The van der Waals surface area contributed by atoms with E-state index in [9.17, 15) is 8.78 Å². The zero-order valence-corrected chi connectivity index (χ0v) is 9.43. The van der Waals surface area contributed by atoms with Crippen molar-refractivity contribution in [2.75, 3.05) is 5.73 Å². The number of imidazole rings is 1. The van der Waals surface area contributed by atoms with Crippen LogP contribution in [-0.2, 0) is 7.05 Å². The molecular formula is C11H9F2N5. The average Bonchev–Trinajstić information content (AvgIpc) is 2.87. The molecule has 3 rings (SSSR count). The van der Waals surface area contributed by atoms with Crippen molar-refractivity contribution in [3.63, 3.8) is 0 Å². The summed E-state index contributed by atoms with van der Waals surface area (Å²) in [6, 6.07) is 4.04. The van der Waals surface area contributed by atoms with E-state index in [4.69, 9.17) is 5.73 Å². The van der Waals surface area contributed by atoms with Crippen LogP contribution in [0.1, 0.15) is 0 Å².